The van der Waals surface area contributed by atoms with Crippen LogP contribution in [0.15, 0.2) is 12.4 Å². The Morgan fingerprint density at radius 1 is 1.06 bits per heavy atom. The van der Waals surface area contributed by atoms with Gasteiger partial charge < -0.3 is 9.80 Å². The number of anilines is 2. The molecule has 0 bridgehead atoms. The van der Waals surface area contributed by atoms with Crippen LogP contribution in [0.5, 0.6) is 0 Å². The molecule has 0 fully saturated rings. The van der Waals surface area contributed by atoms with Crippen LogP contribution >= 0.6 is 0 Å². The van der Waals surface area contributed by atoms with Gasteiger partial charge in [-0.3, -0.25) is 0 Å². The van der Waals surface area contributed by atoms with Crippen molar-refractivity contribution in [3.8, 4) is 0 Å². The van der Waals surface area contributed by atoms with E-state index in [2.05, 4.69) is 53.7 Å². The largest absolute Gasteiger partial charge is 0.360 e. The summed E-state index contributed by atoms with van der Waals surface area (Å²) >= 11 is 0. The van der Waals surface area contributed by atoms with E-state index in [1.165, 1.54) is 12.8 Å². The van der Waals surface area contributed by atoms with Gasteiger partial charge in [0.2, 0.25) is 0 Å². The van der Waals surface area contributed by atoms with Gasteiger partial charge in [0.15, 0.2) is 0 Å². The van der Waals surface area contributed by atoms with E-state index in [0.717, 1.165) is 31.3 Å². The molecule has 0 spiro atoms. The van der Waals surface area contributed by atoms with Gasteiger partial charge in [-0.2, -0.15) is 0 Å². The van der Waals surface area contributed by atoms with Crippen LogP contribution in [-0.2, 0) is 0 Å². The Kier molecular flexibility index (Phi) is 5.73. The van der Waals surface area contributed by atoms with Crippen LogP contribution in [0.4, 0.5) is 11.6 Å². The predicted octanol–water partition coefficient (Wildman–Crippen LogP) is 2.56. The molecule has 0 amide bonds. The molecule has 0 radical (unpaired) electrons. The summed E-state index contributed by atoms with van der Waals surface area (Å²) in [6.45, 7) is 9.50. The van der Waals surface area contributed by atoms with Crippen LogP contribution in [-0.4, -0.2) is 36.6 Å². The van der Waals surface area contributed by atoms with E-state index in [-0.39, 0.29) is 0 Å². The van der Waals surface area contributed by atoms with Crippen molar-refractivity contribution >= 4 is 11.6 Å². The van der Waals surface area contributed by atoms with Crippen molar-refractivity contribution in [2.45, 2.75) is 33.6 Å². The highest BCUT2D eigenvalue weighted by Gasteiger charge is 2.07. The van der Waals surface area contributed by atoms with Gasteiger partial charge in [0.25, 0.3) is 0 Å². The second-order valence-electron chi connectivity index (χ2n) is 4.18. The van der Waals surface area contributed by atoms with E-state index in [1.54, 1.807) is 6.33 Å². The Labute approximate surface area is 105 Å². The third-order valence-corrected chi connectivity index (χ3v) is 2.96. The number of hydrogen-bond acceptors (Lipinski definition) is 4. The molecule has 1 heterocycles. The average molecular weight is 236 g/mol. The summed E-state index contributed by atoms with van der Waals surface area (Å²) in [6.07, 6.45) is 4.06. The van der Waals surface area contributed by atoms with Crippen molar-refractivity contribution in [1.82, 2.24) is 9.97 Å². The molecular weight excluding hydrogens is 212 g/mol. The highest BCUT2D eigenvalue weighted by Crippen LogP contribution is 2.16. The van der Waals surface area contributed by atoms with E-state index in [9.17, 15) is 0 Å². The molecule has 1 aromatic rings. The third-order valence-electron chi connectivity index (χ3n) is 2.96. The summed E-state index contributed by atoms with van der Waals surface area (Å²) in [7, 11) is 2.09. The summed E-state index contributed by atoms with van der Waals surface area (Å²) in [6, 6.07) is 2.07. The number of rotatable bonds is 7. The van der Waals surface area contributed by atoms with Crippen LogP contribution in [0, 0.1) is 0 Å². The van der Waals surface area contributed by atoms with Crippen LogP contribution in [0.3, 0.4) is 0 Å². The molecule has 4 heteroatoms. The second kappa shape index (κ2) is 7.09. The first-order valence-corrected chi connectivity index (χ1v) is 6.51. The van der Waals surface area contributed by atoms with E-state index in [4.69, 9.17) is 0 Å². The molecule has 0 aromatic carbocycles. The lowest BCUT2D eigenvalue weighted by Crippen LogP contribution is -2.24. The summed E-state index contributed by atoms with van der Waals surface area (Å²) in [4.78, 5) is 13.1. The molecule has 0 unspecified atom stereocenters. The molecule has 0 saturated heterocycles. The lowest BCUT2D eigenvalue weighted by molar-refractivity contribution is 0.756. The van der Waals surface area contributed by atoms with Gasteiger partial charge in [0.1, 0.15) is 18.0 Å². The minimum absolute atomic E-state index is 0.978. The fourth-order valence-corrected chi connectivity index (χ4v) is 1.78. The lowest BCUT2D eigenvalue weighted by atomic mass is 10.3. The summed E-state index contributed by atoms with van der Waals surface area (Å²) in [5.41, 5.74) is 0. The maximum absolute atomic E-state index is 4.33. The Morgan fingerprint density at radius 2 is 1.71 bits per heavy atom. The van der Waals surface area contributed by atoms with Crippen LogP contribution in [0.25, 0.3) is 0 Å². The molecule has 0 saturated carbocycles. The van der Waals surface area contributed by atoms with Gasteiger partial charge in [0, 0.05) is 32.7 Å². The molecule has 0 atom stereocenters. The normalized spacial score (nSPS) is 10.4. The molecular formula is C13H24N4. The Balaban J connectivity index is 2.77. The van der Waals surface area contributed by atoms with Gasteiger partial charge in [-0.1, -0.05) is 13.3 Å². The summed E-state index contributed by atoms with van der Waals surface area (Å²) < 4.78 is 0. The Hall–Kier alpha value is -1.32. The fraction of sp³-hybridized carbons (Fsp3) is 0.692. The minimum atomic E-state index is 0.978. The van der Waals surface area contributed by atoms with E-state index >= 15 is 0 Å². The van der Waals surface area contributed by atoms with Crippen LogP contribution in [0.1, 0.15) is 33.6 Å². The van der Waals surface area contributed by atoms with Crippen LogP contribution in [0.2, 0.25) is 0 Å². The first kappa shape index (κ1) is 13.7. The highest BCUT2D eigenvalue weighted by atomic mass is 15.2. The molecule has 0 N–H and O–H groups in total. The predicted molar refractivity (Wildman–Crippen MR) is 73.8 cm³/mol. The lowest BCUT2D eigenvalue weighted by Gasteiger charge is -2.22. The Morgan fingerprint density at radius 3 is 2.29 bits per heavy atom. The highest BCUT2D eigenvalue weighted by molar-refractivity contribution is 5.49. The Bertz CT molecular complexity index is 323. The average Bonchev–Trinajstić information content (AvgIpc) is 2.38. The second-order valence-corrected chi connectivity index (χ2v) is 4.18. The molecule has 0 aliphatic carbocycles. The summed E-state index contributed by atoms with van der Waals surface area (Å²) in [5.74, 6) is 2.03. The van der Waals surface area contributed by atoms with Crippen molar-refractivity contribution in [3.05, 3.63) is 12.4 Å². The molecule has 0 aliphatic heterocycles. The fourth-order valence-electron chi connectivity index (χ4n) is 1.78. The molecule has 17 heavy (non-hydrogen) atoms. The molecule has 96 valence electrons. The number of aromatic nitrogens is 2. The monoisotopic (exact) mass is 236 g/mol. The van der Waals surface area contributed by atoms with Gasteiger partial charge in [0.05, 0.1) is 0 Å². The van der Waals surface area contributed by atoms with E-state index < -0.39 is 0 Å². The quantitative estimate of drug-likeness (QED) is 0.728. The topological polar surface area (TPSA) is 32.3 Å². The van der Waals surface area contributed by atoms with Gasteiger partial charge in [-0.25, -0.2) is 9.97 Å². The zero-order valence-electron chi connectivity index (χ0n) is 11.5. The first-order valence-electron chi connectivity index (χ1n) is 6.51. The van der Waals surface area contributed by atoms with E-state index in [0.29, 0.717) is 0 Å². The van der Waals surface area contributed by atoms with Gasteiger partial charge in [-0.05, 0) is 20.3 Å². The van der Waals surface area contributed by atoms with Crippen molar-refractivity contribution in [3.63, 3.8) is 0 Å². The van der Waals surface area contributed by atoms with Gasteiger partial charge >= 0.3 is 0 Å². The standard InChI is InChI=1S/C13H24N4/c1-5-8-9-16(4)12-10-13(15-11-14-12)17(6-2)7-3/h10-11H,5-9H2,1-4H3. The zero-order valence-corrected chi connectivity index (χ0v) is 11.5. The SMILES string of the molecule is CCCCN(C)c1cc(N(CC)CC)ncn1. The number of nitrogens with zero attached hydrogens (tertiary/aromatic N) is 4. The van der Waals surface area contributed by atoms with E-state index in [1.807, 2.05) is 0 Å². The number of unbranched alkanes of at least 4 members (excludes halogenated alkanes) is 1. The zero-order chi connectivity index (χ0) is 12.7. The maximum Gasteiger partial charge on any atom is 0.134 e. The molecule has 4 nitrogen and oxygen atoms in total. The summed E-state index contributed by atoms with van der Waals surface area (Å²) in [5, 5.41) is 0. The van der Waals surface area contributed by atoms with Crippen molar-refractivity contribution in [1.29, 1.82) is 0 Å². The van der Waals surface area contributed by atoms with Crippen molar-refractivity contribution in [2.24, 2.45) is 0 Å². The third kappa shape index (κ3) is 3.88. The molecule has 0 aliphatic rings. The van der Waals surface area contributed by atoms with Gasteiger partial charge in [-0.15, -0.1) is 0 Å². The van der Waals surface area contributed by atoms with Crippen molar-refractivity contribution in [2.75, 3.05) is 36.5 Å². The minimum Gasteiger partial charge on any atom is -0.360 e. The molecule has 1 aromatic heterocycles. The van der Waals surface area contributed by atoms with Crippen LogP contribution < -0.4 is 9.80 Å². The maximum atomic E-state index is 4.33. The first-order chi connectivity index (χ1) is 8.22. The number of hydrogen-bond donors (Lipinski definition) is 0. The van der Waals surface area contributed by atoms with Crippen molar-refractivity contribution < 1.29 is 0 Å². The smallest absolute Gasteiger partial charge is 0.134 e. The molecule has 1 rings (SSSR count).